The Morgan fingerprint density at radius 3 is 2.41 bits per heavy atom. The molecule has 0 amide bonds. The lowest BCUT2D eigenvalue weighted by molar-refractivity contribution is 0.101. The molecule has 3 aromatic carbocycles. The number of fused-ring (bicyclic) bond motifs is 1. The van der Waals surface area contributed by atoms with Crippen LogP contribution in [-0.2, 0) is 12.0 Å². The highest BCUT2D eigenvalue weighted by molar-refractivity contribution is 6.15. The van der Waals surface area contributed by atoms with Gasteiger partial charge in [0, 0.05) is 6.07 Å². The molecule has 4 heteroatoms. The highest BCUT2D eigenvalue weighted by Crippen LogP contribution is 2.38. The minimum absolute atomic E-state index is 0.0833. The lowest BCUT2D eigenvalue weighted by Gasteiger charge is -2.18. The largest absolute Gasteiger partial charge is 0.497 e. The van der Waals surface area contributed by atoms with Crippen LogP contribution in [0.5, 0.6) is 17.2 Å². The number of ketones is 1. The first-order chi connectivity index (χ1) is 15.2. The predicted octanol–water partition coefficient (Wildman–Crippen LogP) is 6.50. The van der Waals surface area contributed by atoms with Crippen LogP contribution in [-0.4, -0.2) is 12.9 Å². The van der Waals surface area contributed by atoms with Crippen molar-refractivity contribution in [2.24, 2.45) is 0 Å². The summed E-state index contributed by atoms with van der Waals surface area (Å²) in [4.78, 5) is 13.0. The van der Waals surface area contributed by atoms with Crippen molar-refractivity contribution in [2.45, 2.75) is 39.7 Å². The number of allylic oxidation sites excluding steroid dienone is 1. The van der Waals surface area contributed by atoms with E-state index in [9.17, 15) is 4.79 Å². The van der Waals surface area contributed by atoms with E-state index in [0.29, 0.717) is 29.4 Å². The first-order valence-corrected chi connectivity index (χ1v) is 10.7. The van der Waals surface area contributed by atoms with Crippen LogP contribution in [0.3, 0.4) is 0 Å². The summed E-state index contributed by atoms with van der Waals surface area (Å²) in [7, 11) is 1.64. The fraction of sp³-hybridized carbons (Fsp3) is 0.250. The molecule has 0 aliphatic carbocycles. The van der Waals surface area contributed by atoms with Crippen LogP contribution in [0.4, 0.5) is 0 Å². The zero-order valence-electron chi connectivity index (χ0n) is 19.2. The molecule has 0 saturated heterocycles. The smallest absolute Gasteiger partial charge is 0.232 e. The average molecular weight is 429 g/mol. The fourth-order valence-corrected chi connectivity index (χ4v) is 3.72. The fourth-order valence-electron chi connectivity index (χ4n) is 3.72. The van der Waals surface area contributed by atoms with Gasteiger partial charge in [-0.05, 0) is 58.9 Å². The van der Waals surface area contributed by atoms with E-state index in [-0.39, 0.29) is 11.2 Å². The van der Waals surface area contributed by atoms with Crippen molar-refractivity contribution in [3.63, 3.8) is 0 Å². The van der Waals surface area contributed by atoms with Crippen LogP contribution >= 0.6 is 0 Å². The SMILES string of the molecule is COc1cccc(COc2cc(C)c3c(c2)O/C(=C\c2ccc(C(C)(C)C)cc2)C3=O)c1. The topological polar surface area (TPSA) is 44.8 Å². The van der Waals surface area contributed by atoms with E-state index in [2.05, 4.69) is 32.9 Å². The van der Waals surface area contributed by atoms with Crippen molar-refractivity contribution in [3.8, 4) is 17.2 Å². The van der Waals surface area contributed by atoms with Gasteiger partial charge in [-0.25, -0.2) is 0 Å². The van der Waals surface area contributed by atoms with Crippen molar-refractivity contribution >= 4 is 11.9 Å². The predicted molar refractivity (Wildman–Crippen MR) is 127 cm³/mol. The number of hydrogen-bond donors (Lipinski definition) is 0. The van der Waals surface area contributed by atoms with Crippen LogP contribution in [0.2, 0.25) is 0 Å². The molecule has 3 aromatic rings. The Morgan fingerprint density at radius 1 is 0.969 bits per heavy atom. The van der Waals surface area contributed by atoms with Gasteiger partial charge in [-0.3, -0.25) is 4.79 Å². The maximum absolute atomic E-state index is 13.0. The summed E-state index contributed by atoms with van der Waals surface area (Å²) in [6, 6.07) is 19.6. The molecule has 0 saturated carbocycles. The standard InChI is InChI=1S/C28H28O4/c1-18-13-23(31-17-20-7-6-8-22(14-20)30-5)16-24-26(18)27(29)25(32-24)15-19-9-11-21(12-10-19)28(2,3)4/h6-16H,17H2,1-5H3/b25-15-. The summed E-state index contributed by atoms with van der Waals surface area (Å²) in [5.41, 5.74) is 4.69. The Balaban J connectivity index is 1.53. The quantitative estimate of drug-likeness (QED) is 0.435. The Morgan fingerprint density at radius 2 is 1.72 bits per heavy atom. The molecule has 1 aliphatic heterocycles. The summed E-state index contributed by atoms with van der Waals surface area (Å²) in [6.45, 7) is 8.83. The number of rotatable bonds is 5. The number of carbonyl (C=O) groups excluding carboxylic acids is 1. The Labute approximate surface area is 189 Å². The van der Waals surface area contributed by atoms with Crippen molar-refractivity contribution in [1.82, 2.24) is 0 Å². The minimum Gasteiger partial charge on any atom is -0.497 e. The van der Waals surface area contributed by atoms with Gasteiger partial charge >= 0.3 is 0 Å². The lowest BCUT2D eigenvalue weighted by Crippen LogP contribution is -2.10. The van der Waals surface area contributed by atoms with Gasteiger partial charge in [0.05, 0.1) is 12.7 Å². The number of Topliss-reactive ketones (excluding diaryl/α,β-unsaturated/α-hetero) is 1. The molecule has 0 bridgehead atoms. The van der Waals surface area contributed by atoms with Gasteiger partial charge < -0.3 is 14.2 Å². The first-order valence-electron chi connectivity index (χ1n) is 10.7. The normalized spacial score (nSPS) is 14.3. The molecule has 0 radical (unpaired) electrons. The first kappa shape index (κ1) is 21.7. The van der Waals surface area contributed by atoms with Crippen LogP contribution in [0.25, 0.3) is 6.08 Å². The zero-order chi connectivity index (χ0) is 22.9. The van der Waals surface area contributed by atoms with Crippen LogP contribution in [0.1, 0.15) is 53.4 Å². The maximum Gasteiger partial charge on any atom is 0.232 e. The van der Waals surface area contributed by atoms with Crippen molar-refractivity contribution in [3.05, 3.63) is 94.2 Å². The van der Waals surface area contributed by atoms with Crippen molar-refractivity contribution in [2.75, 3.05) is 7.11 Å². The lowest BCUT2D eigenvalue weighted by atomic mass is 9.86. The second-order valence-corrected chi connectivity index (χ2v) is 9.07. The molecule has 1 heterocycles. The second kappa shape index (κ2) is 8.54. The second-order valence-electron chi connectivity index (χ2n) is 9.07. The number of methoxy groups -OCH3 is 1. The van der Waals surface area contributed by atoms with E-state index in [1.165, 1.54) is 5.56 Å². The number of hydrogen-bond acceptors (Lipinski definition) is 4. The van der Waals surface area contributed by atoms with Crippen LogP contribution in [0.15, 0.2) is 66.4 Å². The van der Waals surface area contributed by atoms with E-state index in [4.69, 9.17) is 14.2 Å². The third-order valence-corrected chi connectivity index (χ3v) is 5.56. The molecular weight excluding hydrogens is 400 g/mol. The van der Waals surface area contributed by atoms with Gasteiger partial charge in [0.25, 0.3) is 0 Å². The molecular formula is C28H28O4. The molecule has 32 heavy (non-hydrogen) atoms. The molecule has 0 spiro atoms. The summed E-state index contributed by atoms with van der Waals surface area (Å²) >= 11 is 0. The summed E-state index contributed by atoms with van der Waals surface area (Å²) in [5, 5.41) is 0. The molecule has 1 aliphatic rings. The van der Waals surface area contributed by atoms with Gasteiger partial charge in [0.15, 0.2) is 5.76 Å². The average Bonchev–Trinajstić information content (AvgIpc) is 3.07. The molecule has 164 valence electrons. The van der Waals surface area contributed by atoms with Crippen molar-refractivity contribution in [1.29, 1.82) is 0 Å². The Kier molecular flexibility index (Phi) is 5.79. The monoisotopic (exact) mass is 428 g/mol. The van der Waals surface area contributed by atoms with Crippen molar-refractivity contribution < 1.29 is 19.0 Å². The van der Waals surface area contributed by atoms with E-state index < -0.39 is 0 Å². The van der Waals surface area contributed by atoms with Gasteiger partial charge in [-0.15, -0.1) is 0 Å². The Bertz CT molecular complexity index is 1180. The Hall–Kier alpha value is -3.53. The summed E-state index contributed by atoms with van der Waals surface area (Å²) < 4.78 is 17.2. The number of carbonyl (C=O) groups is 1. The maximum atomic E-state index is 13.0. The third kappa shape index (κ3) is 4.54. The number of ether oxygens (including phenoxy) is 3. The molecule has 4 rings (SSSR count). The van der Waals surface area contributed by atoms with Crippen LogP contribution in [0, 0.1) is 6.92 Å². The third-order valence-electron chi connectivity index (χ3n) is 5.56. The van der Waals surface area contributed by atoms with E-state index in [1.807, 2.05) is 49.4 Å². The van der Waals surface area contributed by atoms with Crippen LogP contribution < -0.4 is 14.2 Å². The minimum atomic E-state index is -0.100. The highest BCUT2D eigenvalue weighted by Gasteiger charge is 2.30. The summed E-state index contributed by atoms with van der Waals surface area (Å²) in [5.74, 6) is 2.21. The van der Waals surface area contributed by atoms with E-state index in [1.54, 1.807) is 19.3 Å². The van der Waals surface area contributed by atoms with Gasteiger partial charge in [0.1, 0.15) is 23.9 Å². The van der Waals surface area contributed by atoms with Gasteiger partial charge in [0.2, 0.25) is 5.78 Å². The molecule has 0 N–H and O–H groups in total. The zero-order valence-corrected chi connectivity index (χ0v) is 19.2. The molecule has 0 atom stereocenters. The molecule has 0 fully saturated rings. The molecule has 4 nitrogen and oxygen atoms in total. The number of benzene rings is 3. The van der Waals surface area contributed by atoms with E-state index in [0.717, 1.165) is 22.4 Å². The molecule has 0 unspecified atom stereocenters. The molecule has 0 aromatic heterocycles. The van der Waals surface area contributed by atoms with Gasteiger partial charge in [-0.1, -0.05) is 57.2 Å². The van der Waals surface area contributed by atoms with E-state index >= 15 is 0 Å². The number of aryl methyl sites for hydroxylation is 1. The van der Waals surface area contributed by atoms with Gasteiger partial charge in [-0.2, -0.15) is 0 Å². The summed E-state index contributed by atoms with van der Waals surface area (Å²) in [6.07, 6.45) is 1.80. The highest BCUT2D eigenvalue weighted by atomic mass is 16.5.